The van der Waals surface area contributed by atoms with Crippen LogP contribution < -0.4 is 10.1 Å². The molecule has 0 spiro atoms. The fraction of sp³-hybridized carbons (Fsp3) is 0.643. The van der Waals surface area contributed by atoms with Crippen LogP contribution in [0.25, 0.3) is 0 Å². The summed E-state index contributed by atoms with van der Waals surface area (Å²) < 4.78 is 7.09. The van der Waals surface area contributed by atoms with Crippen molar-refractivity contribution in [1.82, 2.24) is 10.2 Å². The van der Waals surface area contributed by atoms with Crippen molar-refractivity contribution in [2.45, 2.75) is 90.4 Å². The van der Waals surface area contributed by atoms with E-state index in [0.717, 1.165) is 35.7 Å². The molecule has 1 aromatic rings. The minimum Gasteiger partial charge on any atom is -0.482 e. The van der Waals surface area contributed by atoms with Gasteiger partial charge in [-0.15, -0.1) is 0 Å². The Balaban J connectivity index is 2.30. The van der Waals surface area contributed by atoms with E-state index in [0.29, 0.717) is 30.2 Å². The molecule has 0 radical (unpaired) electrons. The van der Waals surface area contributed by atoms with Crippen LogP contribution in [0.1, 0.15) is 72.1 Å². The van der Waals surface area contributed by atoms with E-state index in [1.165, 1.54) is 6.42 Å². The van der Waals surface area contributed by atoms with Gasteiger partial charge in [0.15, 0.2) is 0 Å². The van der Waals surface area contributed by atoms with Gasteiger partial charge in [-0.3, -0.25) is 9.59 Å². The molecular formula is C28H43IN2O5. The third kappa shape index (κ3) is 9.67. The third-order valence-corrected chi connectivity index (χ3v) is 7.37. The maximum Gasteiger partial charge on any atom is 0.247 e. The first-order chi connectivity index (χ1) is 17.3. The Hall–Kier alpha value is -1.65. The van der Waals surface area contributed by atoms with E-state index >= 15 is 0 Å². The van der Waals surface area contributed by atoms with Crippen LogP contribution in [-0.4, -0.2) is 64.9 Å². The van der Waals surface area contributed by atoms with Gasteiger partial charge in [0.1, 0.15) is 18.0 Å². The van der Waals surface area contributed by atoms with Gasteiger partial charge in [-0.2, -0.15) is 0 Å². The smallest absolute Gasteiger partial charge is 0.247 e. The molecule has 2 amide bonds. The summed E-state index contributed by atoms with van der Waals surface area (Å²) in [6.07, 6.45) is 6.64. The number of para-hydroxylation sites is 1. The van der Waals surface area contributed by atoms with E-state index in [9.17, 15) is 14.7 Å². The number of carbonyl (C=O) groups is 2. The predicted molar refractivity (Wildman–Crippen MR) is 151 cm³/mol. The average molecular weight is 615 g/mol. The van der Waals surface area contributed by atoms with E-state index in [1.807, 2.05) is 24.3 Å². The van der Waals surface area contributed by atoms with E-state index in [4.69, 9.17) is 9.84 Å². The highest BCUT2D eigenvalue weighted by molar-refractivity contribution is 14.1. The lowest BCUT2D eigenvalue weighted by molar-refractivity contribution is -0.139. The molecule has 0 fully saturated rings. The van der Waals surface area contributed by atoms with Crippen molar-refractivity contribution in [3.05, 3.63) is 39.5 Å². The molecule has 8 heteroatoms. The summed E-state index contributed by atoms with van der Waals surface area (Å²) in [5.74, 6) is 0.714. The van der Waals surface area contributed by atoms with Crippen LogP contribution in [-0.2, 0) is 9.59 Å². The van der Waals surface area contributed by atoms with Gasteiger partial charge in [-0.25, -0.2) is 0 Å². The summed E-state index contributed by atoms with van der Waals surface area (Å²) in [6.45, 7) is 6.89. The first kappa shape index (κ1) is 30.6. The van der Waals surface area contributed by atoms with Crippen LogP contribution >= 0.6 is 22.6 Å². The number of nitrogens with zero attached hydrogens (tertiary/aromatic N) is 1. The predicted octanol–water partition coefficient (Wildman–Crippen LogP) is 4.44. The molecule has 1 aliphatic carbocycles. The molecule has 7 nitrogen and oxygen atoms in total. The Morgan fingerprint density at radius 1 is 1.19 bits per heavy atom. The number of halogens is 1. The second-order valence-electron chi connectivity index (χ2n) is 9.88. The van der Waals surface area contributed by atoms with Crippen LogP contribution in [0.15, 0.2) is 35.9 Å². The zero-order valence-corrected chi connectivity index (χ0v) is 24.1. The molecule has 0 saturated carbocycles. The topological polar surface area (TPSA) is 99.1 Å². The number of hydrogen-bond acceptors (Lipinski definition) is 5. The Morgan fingerprint density at radius 2 is 1.92 bits per heavy atom. The number of aliphatic hydroxyl groups excluding tert-OH is 2. The summed E-state index contributed by atoms with van der Waals surface area (Å²) in [7, 11) is 0. The Morgan fingerprint density at radius 3 is 2.58 bits per heavy atom. The van der Waals surface area contributed by atoms with Crippen LogP contribution in [0, 0.1) is 9.49 Å². The fourth-order valence-corrected chi connectivity index (χ4v) is 4.88. The molecular weight excluding hydrogens is 571 g/mol. The van der Waals surface area contributed by atoms with Crippen LogP contribution in [0.5, 0.6) is 5.75 Å². The van der Waals surface area contributed by atoms with Crippen molar-refractivity contribution in [2.75, 3.05) is 19.7 Å². The lowest BCUT2D eigenvalue weighted by atomic mass is 9.87. The van der Waals surface area contributed by atoms with Gasteiger partial charge in [0.05, 0.1) is 16.2 Å². The number of unbranched alkanes of at least 4 members (excludes halogenated alkanes) is 4. The molecule has 3 atom stereocenters. The van der Waals surface area contributed by atoms with Crippen molar-refractivity contribution in [2.24, 2.45) is 5.92 Å². The average Bonchev–Trinajstić information content (AvgIpc) is 2.85. The van der Waals surface area contributed by atoms with E-state index in [1.54, 1.807) is 11.0 Å². The lowest BCUT2D eigenvalue weighted by Crippen LogP contribution is -2.55. The summed E-state index contributed by atoms with van der Waals surface area (Å²) in [5, 5.41) is 23.3. The quantitative estimate of drug-likeness (QED) is 0.201. The first-order valence-corrected chi connectivity index (χ1v) is 14.3. The fourth-order valence-electron chi connectivity index (χ4n) is 4.36. The number of rotatable bonds is 15. The van der Waals surface area contributed by atoms with Crippen molar-refractivity contribution in [1.29, 1.82) is 0 Å². The highest BCUT2D eigenvalue weighted by atomic mass is 127. The molecule has 36 heavy (non-hydrogen) atoms. The summed E-state index contributed by atoms with van der Waals surface area (Å²) in [4.78, 5) is 28.1. The summed E-state index contributed by atoms with van der Waals surface area (Å²) in [6, 6.07) is 6.94. The van der Waals surface area contributed by atoms with E-state index < -0.39 is 18.2 Å². The molecule has 3 N–H and O–H groups in total. The van der Waals surface area contributed by atoms with E-state index in [-0.39, 0.29) is 31.4 Å². The number of carbonyl (C=O) groups excluding carboxylic acids is 2. The van der Waals surface area contributed by atoms with Gasteiger partial charge < -0.3 is 25.2 Å². The second kappa shape index (κ2) is 16.2. The molecule has 1 aromatic carbocycles. The molecule has 1 aliphatic rings. The van der Waals surface area contributed by atoms with Gasteiger partial charge in [0.2, 0.25) is 11.8 Å². The Labute approximate surface area is 229 Å². The SMILES string of the molecule is CCCCCCCC(=O)N(CCC(C)C)[C@@H]1CC(C(=O)NCCO)=C[C@H](Oc2ccccc2I)[C@H]1O. The van der Waals surface area contributed by atoms with Crippen molar-refractivity contribution in [3.63, 3.8) is 0 Å². The molecule has 202 valence electrons. The summed E-state index contributed by atoms with van der Waals surface area (Å²) in [5.41, 5.74) is 0.458. The molecule has 0 unspecified atom stereocenters. The standard InChI is InChI=1S/C28H43IN2O5/c1-4-5-6-7-8-13-26(33)31(16-14-20(2)3)23-18-21(28(35)30-15-17-32)19-25(27(23)34)36-24-12-10-9-11-22(24)29/h9-12,19-20,23,25,27,32,34H,4-8,13-18H2,1-3H3,(H,30,35)/t23-,25+,27+/m1/s1. The Kier molecular flexibility index (Phi) is 13.8. The number of aliphatic hydroxyl groups is 2. The van der Waals surface area contributed by atoms with E-state index in [2.05, 4.69) is 48.7 Å². The van der Waals surface area contributed by atoms with Gasteiger partial charge in [0.25, 0.3) is 0 Å². The zero-order valence-electron chi connectivity index (χ0n) is 21.9. The molecule has 0 heterocycles. The highest BCUT2D eigenvalue weighted by Crippen LogP contribution is 2.30. The van der Waals surface area contributed by atoms with Crippen molar-refractivity contribution < 1.29 is 24.5 Å². The van der Waals surface area contributed by atoms with Crippen LogP contribution in [0.2, 0.25) is 0 Å². The molecule has 0 saturated heterocycles. The monoisotopic (exact) mass is 614 g/mol. The molecule has 0 aliphatic heterocycles. The van der Waals surface area contributed by atoms with Crippen LogP contribution in [0.4, 0.5) is 0 Å². The van der Waals surface area contributed by atoms with Gasteiger partial charge in [-0.05, 0) is 59.6 Å². The van der Waals surface area contributed by atoms with Gasteiger partial charge >= 0.3 is 0 Å². The minimum atomic E-state index is -0.980. The highest BCUT2D eigenvalue weighted by Gasteiger charge is 2.40. The number of benzene rings is 1. The maximum atomic E-state index is 13.4. The normalized spacial score (nSPS) is 19.6. The number of ether oxygens (including phenoxy) is 1. The second-order valence-corrected chi connectivity index (χ2v) is 11.0. The molecule has 2 rings (SSSR count). The third-order valence-electron chi connectivity index (χ3n) is 6.48. The number of hydrogen-bond donors (Lipinski definition) is 3. The van der Waals surface area contributed by atoms with Gasteiger partial charge in [-0.1, -0.05) is 58.6 Å². The number of nitrogens with one attached hydrogen (secondary N) is 1. The lowest BCUT2D eigenvalue weighted by Gasteiger charge is -2.41. The number of amides is 2. The van der Waals surface area contributed by atoms with Gasteiger partial charge in [0, 0.05) is 31.5 Å². The largest absolute Gasteiger partial charge is 0.482 e. The maximum absolute atomic E-state index is 13.4. The molecule has 0 bridgehead atoms. The van der Waals surface area contributed by atoms with Crippen molar-refractivity contribution in [3.8, 4) is 5.75 Å². The Bertz CT molecular complexity index is 860. The minimum absolute atomic E-state index is 0.0151. The van der Waals surface area contributed by atoms with Crippen LogP contribution in [0.3, 0.4) is 0 Å². The first-order valence-electron chi connectivity index (χ1n) is 13.3. The summed E-state index contributed by atoms with van der Waals surface area (Å²) >= 11 is 2.18. The molecule has 0 aromatic heterocycles. The zero-order chi connectivity index (χ0) is 26.5. The van der Waals surface area contributed by atoms with Crippen molar-refractivity contribution >= 4 is 34.4 Å².